The molecule has 2 aromatic carbocycles. The van der Waals surface area contributed by atoms with Gasteiger partial charge in [-0.2, -0.15) is 0 Å². The van der Waals surface area contributed by atoms with Crippen molar-refractivity contribution in [1.29, 1.82) is 0 Å². The van der Waals surface area contributed by atoms with E-state index in [2.05, 4.69) is 0 Å². The minimum absolute atomic E-state index is 0.115. The molecule has 2 heteroatoms. The van der Waals surface area contributed by atoms with E-state index in [1.54, 1.807) is 0 Å². The van der Waals surface area contributed by atoms with E-state index >= 15 is 0 Å². The molecule has 0 atom stereocenters. The number of benzene rings is 2. The molecule has 2 nitrogen and oxygen atoms in total. The van der Waals surface area contributed by atoms with Gasteiger partial charge in [0.2, 0.25) is 5.78 Å². The number of hydrogen-bond donors (Lipinski definition) is 0. The molecule has 21 heavy (non-hydrogen) atoms. The number of ketones is 1. The van der Waals surface area contributed by atoms with Gasteiger partial charge in [-0.05, 0) is 37.0 Å². The molecule has 0 spiro atoms. The molecule has 1 saturated carbocycles. The average Bonchev–Trinajstić information content (AvgIpc) is 3.21. The maximum absolute atomic E-state index is 12.9. The molecule has 0 saturated heterocycles. The van der Waals surface area contributed by atoms with Crippen molar-refractivity contribution in [3.63, 3.8) is 0 Å². The van der Waals surface area contributed by atoms with Crippen LogP contribution >= 0.6 is 0 Å². The maximum Gasteiger partial charge on any atom is 0.208 e. The summed E-state index contributed by atoms with van der Waals surface area (Å²) < 4.78 is 5.86. The first-order chi connectivity index (χ1) is 10.2. The van der Waals surface area contributed by atoms with E-state index in [0.717, 1.165) is 34.9 Å². The summed E-state index contributed by atoms with van der Waals surface area (Å²) in [5.41, 5.74) is 2.64. The number of furan rings is 1. The van der Waals surface area contributed by atoms with Gasteiger partial charge in [0.15, 0.2) is 5.76 Å². The number of fused-ring (bicyclic) bond motifs is 1. The van der Waals surface area contributed by atoms with Gasteiger partial charge >= 0.3 is 0 Å². The third-order valence-corrected chi connectivity index (χ3v) is 4.48. The van der Waals surface area contributed by atoms with Crippen molar-refractivity contribution in [1.82, 2.24) is 0 Å². The molecule has 0 unspecified atom stereocenters. The summed E-state index contributed by atoms with van der Waals surface area (Å²) >= 11 is 0. The topological polar surface area (TPSA) is 30.2 Å². The number of para-hydroxylation sites is 1. The molecule has 1 aromatic heterocycles. The monoisotopic (exact) mass is 276 g/mol. The van der Waals surface area contributed by atoms with E-state index in [4.69, 9.17) is 4.42 Å². The highest BCUT2D eigenvalue weighted by Crippen LogP contribution is 2.50. The van der Waals surface area contributed by atoms with Gasteiger partial charge in [-0.25, -0.2) is 0 Å². The predicted molar refractivity (Wildman–Crippen MR) is 82.6 cm³/mol. The largest absolute Gasteiger partial charge is 0.453 e. The van der Waals surface area contributed by atoms with Crippen molar-refractivity contribution in [2.24, 2.45) is 0 Å². The van der Waals surface area contributed by atoms with E-state index in [-0.39, 0.29) is 11.2 Å². The first kappa shape index (κ1) is 12.4. The van der Waals surface area contributed by atoms with E-state index < -0.39 is 0 Å². The van der Waals surface area contributed by atoms with E-state index in [1.807, 2.05) is 61.5 Å². The van der Waals surface area contributed by atoms with Crippen LogP contribution in [0.2, 0.25) is 0 Å². The van der Waals surface area contributed by atoms with Crippen molar-refractivity contribution in [3.8, 4) is 0 Å². The van der Waals surface area contributed by atoms with E-state index in [0.29, 0.717) is 5.76 Å². The second kappa shape index (κ2) is 4.32. The van der Waals surface area contributed by atoms with Crippen LogP contribution in [0.1, 0.15) is 34.5 Å². The lowest BCUT2D eigenvalue weighted by Crippen LogP contribution is -2.19. The van der Waals surface area contributed by atoms with Crippen LogP contribution in [0, 0.1) is 6.92 Å². The van der Waals surface area contributed by atoms with E-state index in [9.17, 15) is 4.79 Å². The van der Waals surface area contributed by atoms with Gasteiger partial charge in [-0.1, -0.05) is 48.5 Å². The Bertz CT molecular complexity index is 823. The molecule has 0 N–H and O–H groups in total. The SMILES string of the molecule is Cc1cccc2cc(C(=O)C3(c4ccccc4)CC3)oc12. The molecule has 0 bridgehead atoms. The Labute approximate surface area is 123 Å². The molecule has 3 aromatic rings. The molecule has 0 aliphatic heterocycles. The quantitative estimate of drug-likeness (QED) is 0.651. The average molecular weight is 276 g/mol. The fraction of sp³-hybridized carbons (Fsp3) is 0.211. The van der Waals surface area contributed by atoms with E-state index in [1.165, 1.54) is 0 Å². The number of carbonyl (C=O) groups excluding carboxylic acids is 1. The Morgan fingerprint density at radius 3 is 2.48 bits per heavy atom. The third-order valence-electron chi connectivity index (χ3n) is 4.48. The lowest BCUT2D eigenvalue weighted by molar-refractivity contribution is 0.0920. The van der Waals surface area contributed by atoms with Gasteiger partial charge in [0.1, 0.15) is 5.58 Å². The zero-order chi connectivity index (χ0) is 14.4. The Morgan fingerprint density at radius 2 is 1.81 bits per heavy atom. The van der Waals surface area contributed by atoms with Crippen LogP contribution in [-0.2, 0) is 5.41 Å². The van der Waals surface area contributed by atoms with Gasteiger partial charge in [0.05, 0.1) is 5.41 Å². The van der Waals surface area contributed by atoms with Crippen molar-refractivity contribution in [2.45, 2.75) is 25.2 Å². The molecule has 104 valence electrons. The normalized spacial score (nSPS) is 16.0. The summed E-state index contributed by atoms with van der Waals surface area (Å²) in [4.78, 5) is 12.9. The smallest absolute Gasteiger partial charge is 0.208 e. The van der Waals surface area contributed by atoms with Gasteiger partial charge < -0.3 is 4.42 Å². The summed E-state index contributed by atoms with van der Waals surface area (Å²) in [7, 11) is 0. The molecule has 4 rings (SSSR count). The summed E-state index contributed by atoms with van der Waals surface area (Å²) in [6.45, 7) is 2.00. The standard InChI is InChI=1S/C19H16O2/c1-13-6-5-7-14-12-16(21-17(13)14)18(20)19(10-11-19)15-8-3-2-4-9-15/h2-9,12H,10-11H2,1H3. The van der Waals surface area contributed by atoms with Crippen LogP contribution in [-0.4, -0.2) is 5.78 Å². The van der Waals surface area contributed by atoms with Gasteiger partial charge in [-0.3, -0.25) is 4.79 Å². The molecule has 1 fully saturated rings. The number of carbonyl (C=O) groups is 1. The van der Waals surface area contributed by atoms with Gasteiger partial charge in [0, 0.05) is 5.39 Å². The number of aryl methyl sites for hydroxylation is 1. The van der Waals surface area contributed by atoms with Gasteiger partial charge in [-0.15, -0.1) is 0 Å². The van der Waals surface area contributed by atoms with Crippen molar-refractivity contribution >= 4 is 16.8 Å². The Morgan fingerprint density at radius 1 is 1.05 bits per heavy atom. The molecular weight excluding hydrogens is 260 g/mol. The Balaban J connectivity index is 1.79. The lowest BCUT2D eigenvalue weighted by atomic mass is 9.90. The molecule has 1 aliphatic rings. The first-order valence-corrected chi connectivity index (χ1v) is 7.30. The first-order valence-electron chi connectivity index (χ1n) is 7.30. The minimum atomic E-state index is -0.358. The Hall–Kier alpha value is -2.35. The summed E-state index contributed by atoms with van der Waals surface area (Å²) in [6, 6.07) is 17.9. The zero-order valence-corrected chi connectivity index (χ0v) is 11.9. The fourth-order valence-electron chi connectivity index (χ4n) is 3.09. The predicted octanol–water partition coefficient (Wildman–Crippen LogP) is 4.66. The van der Waals surface area contributed by atoms with Gasteiger partial charge in [0.25, 0.3) is 0 Å². The number of hydrogen-bond acceptors (Lipinski definition) is 2. The highest BCUT2D eigenvalue weighted by Gasteiger charge is 2.52. The molecular formula is C19H16O2. The van der Waals surface area contributed by atoms with Crippen LogP contribution < -0.4 is 0 Å². The second-order valence-corrected chi connectivity index (χ2v) is 5.88. The van der Waals surface area contributed by atoms with Crippen LogP contribution in [0.5, 0.6) is 0 Å². The van der Waals surface area contributed by atoms with Crippen LogP contribution in [0.25, 0.3) is 11.0 Å². The third kappa shape index (κ3) is 1.83. The van der Waals surface area contributed by atoms with Crippen molar-refractivity contribution in [3.05, 3.63) is 71.5 Å². The summed E-state index contributed by atoms with van der Waals surface area (Å²) in [5.74, 6) is 0.602. The zero-order valence-electron chi connectivity index (χ0n) is 11.9. The lowest BCUT2D eigenvalue weighted by Gasteiger charge is -2.12. The minimum Gasteiger partial charge on any atom is -0.453 e. The molecule has 0 amide bonds. The molecule has 1 heterocycles. The van der Waals surface area contributed by atoms with Crippen LogP contribution in [0.15, 0.2) is 59.0 Å². The van der Waals surface area contributed by atoms with Crippen LogP contribution in [0.3, 0.4) is 0 Å². The molecule has 1 aliphatic carbocycles. The number of Topliss-reactive ketones (excluding diaryl/α,β-unsaturated/α-hetero) is 1. The van der Waals surface area contributed by atoms with Crippen molar-refractivity contribution in [2.75, 3.05) is 0 Å². The fourth-order valence-corrected chi connectivity index (χ4v) is 3.09. The summed E-state index contributed by atoms with van der Waals surface area (Å²) in [6.07, 6.45) is 1.82. The van der Waals surface area contributed by atoms with Crippen molar-refractivity contribution < 1.29 is 9.21 Å². The summed E-state index contributed by atoms with van der Waals surface area (Å²) in [5, 5.41) is 1.00. The second-order valence-electron chi connectivity index (χ2n) is 5.88. The highest BCUT2D eigenvalue weighted by atomic mass is 16.3. The maximum atomic E-state index is 12.9. The number of rotatable bonds is 3. The molecule has 0 radical (unpaired) electrons. The van der Waals surface area contributed by atoms with Crippen LogP contribution in [0.4, 0.5) is 0 Å². The Kier molecular flexibility index (Phi) is 2.55. The highest BCUT2D eigenvalue weighted by molar-refractivity contribution is 6.06.